The van der Waals surface area contributed by atoms with Crippen LogP contribution in [0.4, 0.5) is 27.8 Å². The molecular formula is C16H11ClF5N5O. The third-order valence-corrected chi connectivity index (χ3v) is 4.04. The van der Waals surface area contributed by atoms with Crippen molar-refractivity contribution in [3.63, 3.8) is 0 Å². The van der Waals surface area contributed by atoms with Gasteiger partial charge in [-0.05, 0) is 6.92 Å². The van der Waals surface area contributed by atoms with Gasteiger partial charge < -0.3 is 5.32 Å². The lowest BCUT2D eigenvalue weighted by atomic mass is 10.1. The first-order valence-electron chi connectivity index (χ1n) is 7.81. The van der Waals surface area contributed by atoms with Gasteiger partial charge in [0.2, 0.25) is 5.82 Å². The predicted octanol–water partition coefficient (Wildman–Crippen LogP) is 3.75. The average molecular weight is 420 g/mol. The van der Waals surface area contributed by atoms with Gasteiger partial charge in [-0.1, -0.05) is 11.6 Å². The van der Waals surface area contributed by atoms with Crippen molar-refractivity contribution in [2.24, 2.45) is 0 Å². The summed E-state index contributed by atoms with van der Waals surface area (Å²) in [5.41, 5.74) is -1.11. The van der Waals surface area contributed by atoms with Crippen LogP contribution in [-0.4, -0.2) is 25.5 Å². The van der Waals surface area contributed by atoms with Gasteiger partial charge in [0, 0.05) is 25.0 Å². The Morgan fingerprint density at radius 1 is 1.04 bits per heavy atom. The van der Waals surface area contributed by atoms with Crippen molar-refractivity contribution in [3.05, 3.63) is 63.8 Å². The number of aryl methyl sites for hydroxylation is 1. The zero-order chi connectivity index (χ0) is 20.6. The molecular weight excluding hydrogens is 409 g/mol. The van der Waals surface area contributed by atoms with Gasteiger partial charge in [0.05, 0.1) is 17.1 Å². The van der Waals surface area contributed by atoms with Crippen LogP contribution in [0, 0.1) is 29.1 Å². The minimum atomic E-state index is -2.24. The number of rotatable bonds is 5. The highest BCUT2D eigenvalue weighted by Gasteiger charge is 2.26. The average Bonchev–Trinajstić information content (AvgIpc) is 3.27. The second kappa shape index (κ2) is 7.58. The Balaban J connectivity index is 1.80. The van der Waals surface area contributed by atoms with Crippen LogP contribution in [0.1, 0.15) is 23.0 Å². The van der Waals surface area contributed by atoms with Crippen molar-refractivity contribution in [1.82, 2.24) is 19.6 Å². The second-order valence-corrected chi connectivity index (χ2v) is 5.99. The molecule has 12 heteroatoms. The molecule has 0 aliphatic rings. The Kier molecular flexibility index (Phi) is 5.36. The zero-order valence-corrected chi connectivity index (χ0v) is 14.9. The quantitative estimate of drug-likeness (QED) is 0.389. The highest BCUT2D eigenvalue weighted by Crippen LogP contribution is 2.24. The van der Waals surface area contributed by atoms with Gasteiger partial charge in [-0.25, -0.2) is 22.0 Å². The highest BCUT2D eigenvalue weighted by atomic mass is 35.5. The van der Waals surface area contributed by atoms with Crippen LogP contribution in [0.15, 0.2) is 18.5 Å². The van der Waals surface area contributed by atoms with Gasteiger partial charge in [-0.15, -0.1) is 0 Å². The van der Waals surface area contributed by atoms with Crippen molar-refractivity contribution in [2.75, 3.05) is 5.32 Å². The van der Waals surface area contributed by atoms with Crippen molar-refractivity contribution in [3.8, 4) is 0 Å². The maximum atomic E-state index is 13.7. The van der Waals surface area contributed by atoms with Gasteiger partial charge >= 0.3 is 0 Å². The van der Waals surface area contributed by atoms with Gasteiger partial charge in [0.25, 0.3) is 5.91 Å². The van der Waals surface area contributed by atoms with E-state index in [1.165, 1.54) is 23.1 Å². The number of anilines is 1. The molecule has 148 valence electrons. The summed E-state index contributed by atoms with van der Waals surface area (Å²) in [5, 5.41) is 10.3. The maximum Gasteiger partial charge on any atom is 0.278 e. The molecule has 28 heavy (non-hydrogen) atoms. The minimum absolute atomic E-state index is 0.0315. The summed E-state index contributed by atoms with van der Waals surface area (Å²) in [5.74, 6) is -10.9. The monoisotopic (exact) mass is 419 g/mol. The fourth-order valence-electron chi connectivity index (χ4n) is 2.36. The predicted molar refractivity (Wildman–Crippen MR) is 88.4 cm³/mol. The SMILES string of the molecule is CCn1cc(Cl)c(C(=O)Nc2ccn(Cc3c(F)c(F)c(F)c(F)c3F)n2)n1. The van der Waals surface area contributed by atoms with Crippen LogP contribution >= 0.6 is 11.6 Å². The number of carbonyl (C=O) groups excluding carboxylic acids is 1. The summed E-state index contributed by atoms with van der Waals surface area (Å²) < 4.78 is 69.5. The molecule has 3 rings (SSSR count). The molecule has 0 atom stereocenters. The van der Waals surface area contributed by atoms with Crippen LogP contribution in [0.2, 0.25) is 5.02 Å². The summed E-state index contributed by atoms with van der Waals surface area (Å²) in [6.07, 6.45) is 2.65. The number of aromatic nitrogens is 4. The molecule has 3 aromatic rings. The first kappa shape index (κ1) is 19.8. The fourth-order valence-corrected chi connectivity index (χ4v) is 2.59. The third-order valence-electron chi connectivity index (χ3n) is 3.76. The first-order valence-corrected chi connectivity index (χ1v) is 8.18. The van der Waals surface area contributed by atoms with Crippen molar-refractivity contribution in [1.29, 1.82) is 0 Å². The summed E-state index contributed by atoms with van der Waals surface area (Å²) in [7, 11) is 0. The number of nitrogens with one attached hydrogen (secondary N) is 1. The van der Waals surface area contributed by atoms with Crippen LogP contribution in [0.3, 0.4) is 0 Å². The molecule has 2 aromatic heterocycles. The van der Waals surface area contributed by atoms with Crippen molar-refractivity contribution >= 4 is 23.3 Å². The van der Waals surface area contributed by atoms with Crippen molar-refractivity contribution < 1.29 is 26.7 Å². The molecule has 0 unspecified atom stereocenters. The molecule has 0 spiro atoms. The summed E-state index contributed by atoms with van der Waals surface area (Å²) in [6.45, 7) is 1.54. The molecule has 6 nitrogen and oxygen atoms in total. The Morgan fingerprint density at radius 3 is 2.21 bits per heavy atom. The number of benzene rings is 1. The van der Waals surface area contributed by atoms with E-state index in [-0.39, 0.29) is 16.5 Å². The van der Waals surface area contributed by atoms with Gasteiger partial charge in [-0.2, -0.15) is 10.2 Å². The maximum absolute atomic E-state index is 13.7. The zero-order valence-electron chi connectivity index (χ0n) is 14.1. The molecule has 0 fully saturated rings. The Morgan fingerprint density at radius 2 is 1.64 bits per heavy atom. The van der Waals surface area contributed by atoms with E-state index in [0.717, 1.165) is 4.68 Å². The number of halogens is 6. The summed E-state index contributed by atoms with van der Waals surface area (Å²) in [6, 6.07) is 1.27. The van der Waals surface area contributed by atoms with Crippen LogP contribution in [-0.2, 0) is 13.1 Å². The van der Waals surface area contributed by atoms with Gasteiger partial charge in [0.15, 0.2) is 34.8 Å². The molecule has 0 radical (unpaired) electrons. The molecule has 0 aliphatic carbocycles. The third kappa shape index (κ3) is 3.57. The Hall–Kier alpha value is -2.95. The number of hydrogen-bond acceptors (Lipinski definition) is 3. The van der Waals surface area contributed by atoms with E-state index < -0.39 is 47.1 Å². The van der Waals surface area contributed by atoms with E-state index in [9.17, 15) is 26.7 Å². The summed E-state index contributed by atoms with van der Waals surface area (Å²) >= 11 is 5.92. The number of hydrogen-bond donors (Lipinski definition) is 1. The van der Waals surface area contributed by atoms with E-state index in [2.05, 4.69) is 15.5 Å². The van der Waals surface area contributed by atoms with Crippen LogP contribution in [0.25, 0.3) is 0 Å². The van der Waals surface area contributed by atoms with Crippen LogP contribution in [0.5, 0.6) is 0 Å². The number of amides is 1. The fraction of sp³-hybridized carbons (Fsp3) is 0.188. The number of nitrogens with zero attached hydrogens (tertiary/aromatic N) is 4. The van der Waals surface area contributed by atoms with E-state index in [4.69, 9.17) is 11.6 Å². The van der Waals surface area contributed by atoms with Gasteiger partial charge in [0.1, 0.15) is 0 Å². The van der Waals surface area contributed by atoms with E-state index in [1.807, 2.05) is 0 Å². The van der Waals surface area contributed by atoms with Gasteiger partial charge in [-0.3, -0.25) is 14.2 Å². The first-order chi connectivity index (χ1) is 13.2. The molecule has 0 saturated heterocycles. The van der Waals surface area contributed by atoms with Crippen LogP contribution < -0.4 is 5.32 Å². The smallest absolute Gasteiger partial charge is 0.278 e. The van der Waals surface area contributed by atoms with E-state index in [1.54, 1.807) is 6.92 Å². The summed E-state index contributed by atoms with van der Waals surface area (Å²) in [4.78, 5) is 12.2. The normalized spacial score (nSPS) is 11.1. The topological polar surface area (TPSA) is 64.7 Å². The molecule has 1 amide bonds. The van der Waals surface area contributed by atoms with Crippen molar-refractivity contribution in [2.45, 2.75) is 20.0 Å². The molecule has 0 aliphatic heterocycles. The minimum Gasteiger partial charge on any atom is -0.304 e. The molecule has 2 heterocycles. The second-order valence-electron chi connectivity index (χ2n) is 5.58. The lowest BCUT2D eigenvalue weighted by Crippen LogP contribution is -2.15. The van der Waals surface area contributed by atoms with E-state index in [0.29, 0.717) is 6.54 Å². The highest BCUT2D eigenvalue weighted by molar-refractivity contribution is 6.34. The molecule has 1 aromatic carbocycles. The number of carbonyl (C=O) groups is 1. The molecule has 0 saturated carbocycles. The van der Waals surface area contributed by atoms with E-state index >= 15 is 0 Å². The lowest BCUT2D eigenvalue weighted by molar-refractivity contribution is 0.102. The molecule has 1 N–H and O–H groups in total. The molecule has 0 bridgehead atoms. The standard InChI is InChI=1S/C16H11ClF5N5O/c1-2-26-6-8(17)15(25-26)16(28)23-9-3-4-27(24-9)5-7-10(18)12(20)14(22)13(21)11(7)19/h3-4,6H,2,5H2,1H3,(H,23,24,28). The lowest BCUT2D eigenvalue weighted by Gasteiger charge is -2.08. The Labute approximate surface area is 159 Å². The Bertz CT molecular complexity index is 1040. The largest absolute Gasteiger partial charge is 0.304 e.